The Kier molecular flexibility index (Phi) is 5.03. The van der Waals surface area contributed by atoms with E-state index in [2.05, 4.69) is 29.4 Å². The van der Waals surface area contributed by atoms with Gasteiger partial charge in [-0.15, -0.1) is 0 Å². The minimum absolute atomic E-state index is 0.777. The number of nitrogens with one attached hydrogen (secondary N) is 1. The van der Waals surface area contributed by atoms with Gasteiger partial charge in [0.25, 0.3) is 0 Å². The molecule has 1 saturated heterocycles. The number of nitrogens with zero attached hydrogens (tertiary/aromatic N) is 3. The van der Waals surface area contributed by atoms with Gasteiger partial charge in [-0.25, -0.2) is 10.4 Å². The zero-order chi connectivity index (χ0) is 13.0. The maximum absolute atomic E-state index is 6.38. The second kappa shape index (κ2) is 6.55. The van der Waals surface area contributed by atoms with E-state index in [9.17, 15) is 0 Å². The molecule has 0 atom stereocenters. The molecule has 1 fully saturated rings. The number of halogens is 1. The van der Waals surface area contributed by atoms with Gasteiger partial charge in [-0.3, -0.25) is 4.68 Å². The Hall–Kier alpha value is -0.580. The Morgan fingerprint density at radius 3 is 2.56 bits per heavy atom. The molecule has 18 heavy (non-hydrogen) atoms. The molecule has 5 heteroatoms. The third-order valence-electron chi connectivity index (χ3n) is 3.52. The van der Waals surface area contributed by atoms with Crippen molar-refractivity contribution in [2.24, 2.45) is 0 Å². The molecular weight excluding hydrogens is 248 g/mol. The van der Waals surface area contributed by atoms with Crippen LogP contribution in [0.15, 0.2) is 0 Å². The molecular formula is C13H23ClN4. The number of hydrogen-bond donors (Lipinski definition) is 1. The average Bonchev–Trinajstić information content (AvgIpc) is 2.73. The van der Waals surface area contributed by atoms with Crippen molar-refractivity contribution in [3.05, 3.63) is 16.4 Å². The lowest BCUT2D eigenvalue weighted by molar-refractivity contribution is 0.149. The van der Waals surface area contributed by atoms with E-state index in [1.54, 1.807) is 0 Å². The van der Waals surface area contributed by atoms with E-state index < -0.39 is 0 Å². The molecule has 4 nitrogen and oxygen atoms in total. The highest BCUT2D eigenvalue weighted by atomic mass is 35.5. The van der Waals surface area contributed by atoms with Crippen molar-refractivity contribution in [1.29, 1.82) is 0 Å². The van der Waals surface area contributed by atoms with Gasteiger partial charge in [-0.2, -0.15) is 5.10 Å². The second-order valence-electron chi connectivity index (χ2n) is 4.76. The number of hydrazine groups is 1. The highest BCUT2D eigenvalue weighted by Gasteiger charge is 2.16. The van der Waals surface area contributed by atoms with E-state index in [4.69, 9.17) is 11.6 Å². The molecule has 2 heterocycles. The molecule has 1 aromatic rings. The summed E-state index contributed by atoms with van der Waals surface area (Å²) in [5.41, 5.74) is 5.60. The molecule has 0 aromatic carbocycles. The van der Waals surface area contributed by atoms with E-state index in [0.717, 1.165) is 49.0 Å². The van der Waals surface area contributed by atoms with E-state index in [0.29, 0.717) is 0 Å². The molecule has 0 unspecified atom stereocenters. The summed E-state index contributed by atoms with van der Waals surface area (Å²) in [6.45, 7) is 8.12. The first-order chi connectivity index (χ1) is 8.76. The smallest absolute Gasteiger partial charge is 0.0863 e. The minimum Gasteiger partial charge on any atom is -0.267 e. The highest BCUT2D eigenvalue weighted by Crippen LogP contribution is 2.21. The maximum atomic E-state index is 6.38. The van der Waals surface area contributed by atoms with Crippen LogP contribution in [0.1, 0.15) is 44.5 Å². The molecule has 0 aliphatic carbocycles. The fraction of sp³-hybridized carbons (Fsp3) is 0.769. The maximum Gasteiger partial charge on any atom is 0.0863 e. The first kappa shape index (κ1) is 13.8. The summed E-state index contributed by atoms with van der Waals surface area (Å²) in [6, 6.07) is 0. The lowest BCUT2D eigenvalue weighted by Gasteiger charge is -2.27. The molecule has 1 aliphatic heterocycles. The van der Waals surface area contributed by atoms with Gasteiger partial charge in [0.1, 0.15) is 0 Å². The highest BCUT2D eigenvalue weighted by molar-refractivity contribution is 6.31. The summed E-state index contributed by atoms with van der Waals surface area (Å²) in [4.78, 5) is 0. The molecule has 1 aromatic heterocycles. The molecule has 1 N–H and O–H groups in total. The van der Waals surface area contributed by atoms with Crippen molar-refractivity contribution in [3.8, 4) is 0 Å². The van der Waals surface area contributed by atoms with E-state index in [1.165, 1.54) is 19.3 Å². The summed E-state index contributed by atoms with van der Waals surface area (Å²) >= 11 is 6.38. The van der Waals surface area contributed by atoms with Crippen LogP contribution < -0.4 is 5.43 Å². The predicted molar refractivity (Wildman–Crippen MR) is 74.6 cm³/mol. The zero-order valence-electron chi connectivity index (χ0n) is 11.4. The lowest BCUT2D eigenvalue weighted by Crippen LogP contribution is -2.41. The van der Waals surface area contributed by atoms with Crippen LogP contribution in [0.4, 0.5) is 0 Å². The fourth-order valence-electron chi connectivity index (χ4n) is 2.42. The molecule has 102 valence electrons. The standard InChI is InChI=1S/C13H23ClN4/c1-3-11-13(14)12(18(4-2)16-11)10-15-17-8-6-5-7-9-17/h15H,3-10H2,1-2H3. The normalized spacial score (nSPS) is 17.3. The molecule has 0 bridgehead atoms. The van der Waals surface area contributed by atoms with E-state index in [1.807, 2.05) is 4.68 Å². The quantitative estimate of drug-likeness (QED) is 0.893. The summed E-state index contributed by atoms with van der Waals surface area (Å²) in [5.74, 6) is 0. The summed E-state index contributed by atoms with van der Waals surface area (Å²) < 4.78 is 2.01. The van der Waals surface area contributed by atoms with Crippen molar-refractivity contribution in [2.45, 2.75) is 52.6 Å². The van der Waals surface area contributed by atoms with Crippen LogP contribution in [0, 0.1) is 0 Å². The molecule has 0 saturated carbocycles. The molecule has 0 spiro atoms. The van der Waals surface area contributed by atoms with Crippen LogP contribution >= 0.6 is 11.6 Å². The molecule has 1 aliphatic rings. The van der Waals surface area contributed by atoms with Gasteiger partial charge >= 0.3 is 0 Å². The van der Waals surface area contributed by atoms with Crippen molar-refractivity contribution in [2.75, 3.05) is 13.1 Å². The van der Waals surface area contributed by atoms with Crippen LogP contribution in [-0.2, 0) is 19.5 Å². The predicted octanol–water partition coefficient (Wildman–Crippen LogP) is 2.61. The Morgan fingerprint density at radius 1 is 1.22 bits per heavy atom. The largest absolute Gasteiger partial charge is 0.267 e. The van der Waals surface area contributed by atoms with Crippen molar-refractivity contribution < 1.29 is 0 Å². The van der Waals surface area contributed by atoms with Crippen molar-refractivity contribution in [3.63, 3.8) is 0 Å². The Balaban J connectivity index is 2.01. The summed E-state index contributed by atoms with van der Waals surface area (Å²) in [7, 11) is 0. The van der Waals surface area contributed by atoms with Crippen LogP contribution in [0.5, 0.6) is 0 Å². The molecule has 0 amide bonds. The number of aryl methyl sites for hydroxylation is 2. The third-order valence-corrected chi connectivity index (χ3v) is 3.96. The number of hydrogen-bond acceptors (Lipinski definition) is 3. The molecule has 0 radical (unpaired) electrons. The summed E-state index contributed by atoms with van der Waals surface area (Å²) in [6.07, 6.45) is 4.82. The van der Waals surface area contributed by atoms with Crippen LogP contribution in [0.3, 0.4) is 0 Å². The third kappa shape index (κ3) is 3.05. The van der Waals surface area contributed by atoms with Crippen molar-refractivity contribution in [1.82, 2.24) is 20.2 Å². The Morgan fingerprint density at radius 2 is 1.94 bits per heavy atom. The number of piperidine rings is 1. The second-order valence-corrected chi connectivity index (χ2v) is 5.14. The van der Waals surface area contributed by atoms with Crippen LogP contribution in [-0.4, -0.2) is 27.9 Å². The van der Waals surface area contributed by atoms with Gasteiger partial charge in [0.05, 0.1) is 23.0 Å². The Labute approximate surface area is 114 Å². The SMILES string of the molecule is CCc1nn(CC)c(CNN2CCCCC2)c1Cl. The van der Waals surface area contributed by atoms with Crippen LogP contribution in [0.25, 0.3) is 0 Å². The van der Waals surface area contributed by atoms with Gasteiger partial charge in [0.2, 0.25) is 0 Å². The van der Waals surface area contributed by atoms with Gasteiger partial charge in [0, 0.05) is 19.6 Å². The first-order valence-electron chi connectivity index (χ1n) is 6.98. The zero-order valence-corrected chi connectivity index (χ0v) is 12.1. The fourth-order valence-corrected chi connectivity index (χ4v) is 2.76. The average molecular weight is 271 g/mol. The van der Waals surface area contributed by atoms with Crippen LogP contribution in [0.2, 0.25) is 5.02 Å². The summed E-state index contributed by atoms with van der Waals surface area (Å²) in [5, 5.41) is 7.68. The minimum atomic E-state index is 0.777. The lowest BCUT2D eigenvalue weighted by atomic mass is 10.2. The number of aromatic nitrogens is 2. The van der Waals surface area contributed by atoms with E-state index >= 15 is 0 Å². The van der Waals surface area contributed by atoms with Gasteiger partial charge in [-0.1, -0.05) is 24.9 Å². The van der Waals surface area contributed by atoms with Crippen molar-refractivity contribution >= 4 is 11.6 Å². The first-order valence-corrected chi connectivity index (χ1v) is 7.36. The molecule has 2 rings (SSSR count). The van der Waals surface area contributed by atoms with Gasteiger partial charge in [-0.05, 0) is 26.2 Å². The van der Waals surface area contributed by atoms with Gasteiger partial charge < -0.3 is 0 Å². The monoisotopic (exact) mass is 270 g/mol. The Bertz CT molecular complexity index is 383. The van der Waals surface area contributed by atoms with Gasteiger partial charge in [0.15, 0.2) is 0 Å². The number of rotatable bonds is 5. The van der Waals surface area contributed by atoms with E-state index in [-0.39, 0.29) is 0 Å². The topological polar surface area (TPSA) is 33.1 Å².